The summed E-state index contributed by atoms with van der Waals surface area (Å²) < 4.78 is 26.9. The van der Waals surface area contributed by atoms with Crippen molar-refractivity contribution in [2.75, 3.05) is 6.54 Å². The predicted octanol–water partition coefficient (Wildman–Crippen LogP) is 0.923. The van der Waals surface area contributed by atoms with E-state index < -0.39 is 29.8 Å². The molecule has 30 heavy (non-hydrogen) atoms. The maximum Gasteiger partial charge on any atom is 0.268 e. The Labute approximate surface area is 172 Å². The van der Waals surface area contributed by atoms with Gasteiger partial charge in [0.15, 0.2) is 0 Å². The first-order valence-corrected chi connectivity index (χ1v) is 10.5. The molecule has 1 saturated carbocycles. The number of carbonyl (C=O) groups is 3. The minimum Gasteiger partial charge on any atom is -0.322 e. The molecule has 1 aromatic rings. The number of nitrogens with one attached hydrogen (secondary N) is 3. The highest BCUT2D eigenvalue weighted by atomic mass is 19.3. The van der Waals surface area contributed by atoms with E-state index in [-0.39, 0.29) is 24.3 Å². The highest BCUT2D eigenvalue weighted by Crippen LogP contribution is 2.53. The largest absolute Gasteiger partial charge is 0.322 e. The molecule has 9 heteroatoms. The second kappa shape index (κ2) is 7.09. The van der Waals surface area contributed by atoms with Crippen molar-refractivity contribution in [3.05, 3.63) is 34.9 Å². The first-order valence-electron chi connectivity index (χ1n) is 10.5. The van der Waals surface area contributed by atoms with E-state index in [1.54, 1.807) is 0 Å². The highest BCUT2D eigenvalue weighted by Gasteiger charge is 2.69. The normalized spacial score (nSPS) is 31.9. The molecular weight excluding hydrogens is 394 g/mol. The summed E-state index contributed by atoms with van der Waals surface area (Å²) in [4.78, 5) is 37.9. The van der Waals surface area contributed by atoms with Gasteiger partial charge in [-0.25, -0.2) is 8.78 Å². The first kappa shape index (κ1) is 19.6. The Morgan fingerprint density at radius 3 is 2.77 bits per heavy atom. The van der Waals surface area contributed by atoms with Gasteiger partial charge >= 0.3 is 0 Å². The van der Waals surface area contributed by atoms with Gasteiger partial charge in [-0.3, -0.25) is 19.7 Å². The summed E-state index contributed by atoms with van der Waals surface area (Å²) in [5.41, 5.74) is 2.37. The third kappa shape index (κ3) is 3.30. The van der Waals surface area contributed by atoms with Gasteiger partial charge in [0.25, 0.3) is 11.8 Å². The quantitative estimate of drug-likeness (QED) is 0.619. The molecule has 4 aliphatic rings. The van der Waals surface area contributed by atoms with Crippen molar-refractivity contribution in [3.63, 3.8) is 0 Å². The van der Waals surface area contributed by atoms with Gasteiger partial charge in [0.2, 0.25) is 11.8 Å². The average Bonchev–Trinajstić information content (AvgIpc) is 3.10. The Hall–Kier alpha value is -2.39. The van der Waals surface area contributed by atoms with E-state index >= 15 is 0 Å². The molecule has 0 spiro atoms. The second-order valence-electron chi connectivity index (χ2n) is 8.72. The summed E-state index contributed by atoms with van der Waals surface area (Å²) in [7, 11) is 0. The lowest BCUT2D eigenvalue weighted by Crippen LogP contribution is -2.52. The zero-order valence-corrected chi connectivity index (χ0v) is 16.4. The van der Waals surface area contributed by atoms with Crippen LogP contribution >= 0.6 is 0 Å². The molecule has 2 saturated heterocycles. The summed E-state index contributed by atoms with van der Waals surface area (Å²) in [5.74, 6) is -3.97. The number of piperidine rings is 2. The van der Waals surface area contributed by atoms with Crippen molar-refractivity contribution in [1.82, 2.24) is 20.9 Å². The monoisotopic (exact) mass is 418 g/mol. The molecule has 0 radical (unpaired) electrons. The van der Waals surface area contributed by atoms with Crippen LogP contribution in [0, 0.1) is 5.92 Å². The van der Waals surface area contributed by atoms with Crippen LogP contribution in [0.1, 0.15) is 47.2 Å². The number of hydrogen-bond donors (Lipinski definition) is 3. The van der Waals surface area contributed by atoms with E-state index in [2.05, 4.69) is 16.0 Å². The van der Waals surface area contributed by atoms with E-state index in [0.29, 0.717) is 38.0 Å². The molecule has 3 fully saturated rings. The number of benzene rings is 1. The number of amides is 3. The molecule has 1 aromatic carbocycles. The van der Waals surface area contributed by atoms with Gasteiger partial charge in [-0.1, -0.05) is 12.1 Å². The van der Waals surface area contributed by atoms with Gasteiger partial charge in [-0.2, -0.15) is 0 Å². The second-order valence-corrected chi connectivity index (χ2v) is 8.72. The van der Waals surface area contributed by atoms with E-state index in [1.165, 1.54) is 4.90 Å². The molecule has 7 nitrogen and oxygen atoms in total. The number of imide groups is 1. The number of nitrogens with zero attached hydrogens (tertiary/aromatic N) is 1. The zero-order chi connectivity index (χ0) is 21.0. The molecule has 160 valence electrons. The van der Waals surface area contributed by atoms with Gasteiger partial charge in [-0.05, 0) is 36.5 Å². The lowest BCUT2D eigenvalue weighted by atomic mass is 10.0. The molecule has 3 heterocycles. The van der Waals surface area contributed by atoms with Crippen LogP contribution in [-0.4, -0.2) is 53.2 Å². The van der Waals surface area contributed by atoms with E-state index in [0.717, 1.165) is 17.5 Å². The molecular formula is C21H24F2N4O3. The minimum atomic E-state index is -2.55. The number of carbonyl (C=O) groups excluding carboxylic acids is 3. The fourth-order valence-electron chi connectivity index (χ4n) is 4.96. The first-order chi connectivity index (χ1) is 14.3. The maximum absolute atomic E-state index is 13.5. The Bertz CT molecular complexity index is 922. The number of halogens is 2. The van der Waals surface area contributed by atoms with Crippen LogP contribution < -0.4 is 16.0 Å². The van der Waals surface area contributed by atoms with Gasteiger partial charge in [0.05, 0.1) is 6.04 Å². The van der Waals surface area contributed by atoms with Crippen LogP contribution in [0.5, 0.6) is 0 Å². The SMILES string of the molecule is O=C1CCC(N2Cc3ccc(CNC[C@@H]4CCC5C(N4)C5(F)F)cc3C2=O)C(=O)N1. The number of fused-ring (bicyclic) bond motifs is 2. The average molecular weight is 418 g/mol. The standard InChI is InChI=1S/C21H24F2N4O3/c22-21(23)15-4-3-13(25-18(15)21)9-24-8-11-1-2-12-10-27(20(30)14(12)7-11)16-5-6-17(28)26-19(16)29/h1-2,7,13,15-16,18,24-25H,3-6,8-10H2,(H,26,28,29)/t13-,15?,16?,18?/m0/s1. The molecule has 3 amide bonds. The van der Waals surface area contributed by atoms with Crippen molar-refractivity contribution in [2.45, 2.75) is 62.8 Å². The Morgan fingerprint density at radius 2 is 2.00 bits per heavy atom. The Balaban J connectivity index is 1.17. The van der Waals surface area contributed by atoms with Crippen molar-refractivity contribution in [2.24, 2.45) is 5.92 Å². The van der Waals surface area contributed by atoms with Gasteiger partial charge in [0, 0.05) is 43.6 Å². The summed E-state index contributed by atoms with van der Waals surface area (Å²) in [6, 6.07) is 4.39. The smallest absolute Gasteiger partial charge is 0.268 e. The van der Waals surface area contributed by atoms with Crippen molar-refractivity contribution < 1.29 is 23.2 Å². The van der Waals surface area contributed by atoms with Crippen molar-refractivity contribution >= 4 is 17.7 Å². The lowest BCUT2D eigenvalue weighted by Gasteiger charge is -2.29. The predicted molar refractivity (Wildman–Crippen MR) is 103 cm³/mol. The topological polar surface area (TPSA) is 90.5 Å². The van der Waals surface area contributed by atoms with Crippen molar-refractivity contribution in [1.29, 1.82) is 0 Å². The van der Waals surface area contributed by atoms with Crippen LogP contribution in [0.15, 0.2) is 18.2 Å². The molecule has 1 aliphatic carbocycles. The molecule has 4 atom stereocenters. The Morgan fingerprint density at radius 1 is 1.17 bits per heavy atom. The van der Waals surface area contributed by atoms with E-state index in [9.17, 15) is 23.2 Å². The lowest BCUT2D eigenvalue weighted by molar-refractivity contribution is -0.136. The molecule has 5 rings (SSSR count). The summed E-state index contributed by atoms with van der Waals surface area (Å²) in [5, 5.41) is 8.63. The third-order valence-electron chi connectivity index (χ3n) is 6.76. The molecule has 3 unspecified atom stereocenters. The van der Waals surface area contributed by atoms with Gasteiger partial charge < -0.3 is 15.5 Å². The summed E-state index contributed by atoms with van der Waals surface area (Å²) >= 11 is 0. The number of hydrogen-bond acceptors (Lipinski definition) is 5. The van der Waals surface area contributed by atoms with Crippen LogP contribution in [0.3, 0.4) is 0 Å². The summed E-state index contributed by atoms with van der Waals surface area (Å²) in [6.45, 7) is 1.48. The highest BCUT2D eigenvalue weighted by molar-refractivity contribution is 6.05. The van der Waals surface area contributed by atoms with Gasteiger partial charge in [0.1, 0.15) is 6.04 Å². The fraction of sp³-hybridized carbons (Fsp3) is 0.571. The van der Waals surface area contributed by atoms with E-state index in [1.807, 2.05) is 18.2 Å². The van der Waals surface area contributed by atoms with Crippen LogP contribution in [0.4, 0.5) is 8.78 Å². The van der Waals surface area contributed by atoms with Gasteiger partial charge in [-0.15, -0.1) is 0 Å². The van der Waals surface area contributed by atoms with Crippen LogP contribution in [-0.2, 0) is 22.7 Å². The molecule has 3 N–H and O–H groups in total. The fourth-order valence-corrected chi connectivity index (χ4v) is 4.96. The van der Waals surface area contributed by atoms with E-state index in [4.69, 9.17) is 0 Å². The number of alkyl halides is 2. The van der Waals surface area contributed by atoms with Crippen molar-refractivity contribution in [3.8, 4) is 0 Å². The zero-order valence-electron chi connectivity index (χ0n) is 16.4. The summed E-state index contributed by atoms with van der Waals surface area (Å²) in [6.07, 6.45) is 1.86. The van der Waals surface area contributed by atoms with Crippen LogP contribution in [0.25, 0.3) is 0 Å². The number of rotatable bonds is 5. The maximum atomic E-state index is 13.5. The molecule has 0 bridgehead atoms. The Kier molecular flexibility index (Phi) is 4.62. The van der Waals surface area contributed by atoms with Crippen LogP contribution in [0.2, 0.25) is 0 Å². The molecule has 0 aromatic heterocycles. The third-order valence-corrected chi connectivity index (χ3v) is 6.76. The molecule has 3 aliphatic heterocycles. The minimum absolute atomic E-state index is 0.0266.